The van der Waals surface area contributed by atoms with Gasteiger partial charge < -0.3 is 20.9 Å². The number of nitrogens with one attached hydrogen (secondary N) is 1. The monoisotopic (exact) mass is 519 g/mol. The molecular weight excluding hydrogens is 462 g/mol. The van der Waals surface area contributed by atoms with Crippen LogP contribution < -0.4 is 11.1 Å². The Morgan fingerprint density at radius 1 is 0.649 bits per heavy atom. The summed E-state index contributed by atoms with van der Waals surface area (Å²) in [6, 6.07) is 7.05. The van der Waals surface area contributed by atoms with Crippen LogP contribution in [-0.2, 0) is 0 Å². The fourth-order valence-electron chi connectivity index (χ4n) is 4.28. The summed E-state index contributed by atoms with van der Waals surface area (Å²) in [4.78, 5) is 30.5. The van der Waals surface area contributed by atoms with Crippen LogP contribution in [0.1, 0.15) is 101 Å². The molecule has 1 heterocycles. The molecule has 0 saturated carbocycles. The van der Waals surface area contributed by atoms with Crippen molar-refractivity contribution in [2.75, 3.05) is 65.4 Å². The molecule has 0 radical (unpaired) electrons. The number of rotatable bonds is 17. The Kier molecular flexibility index (Phi) is 22.2. The molecule has 1 aliphatic heterocycles. The Balaban J connectivity index is 0.000000637. The molecule has 2 rings (SSSR count). The maximum absolute atomic E-state index is 12.2. The number of hydrogen-bond donors (Lipinski definition) is 2. The lowest BCUT2D eigenvalue weighted by Gasteiger charge is -2.23. The van der Waals surface area contributed by atoms with Gasteiger partial charge in [-0.15, -0.1) is 0 Å². The quantitative estimate of drug-likeness (QED) is 0.226. The minimum atomic E-state index is -0.154. The van der Waals surface area contributed by atoms with E-state index in [1.54, 1.807) is 24.3 Å². The number of benzene rings is 1. The lowest BCUT2D eigenvalue weighted by Crippen LogP contribution is -2.38. The maximum atomic E-state index is 12.2. The van der Waals surface area contributed by atoms with Crippen LogP contribution in [0.15, 0.2) is 24.3 Å². The highest BCUT2D eigenvalue weighted by Crippen LogP contribution is 2.22. The van der Waals surface area contributed by atoms with Crippen LogP contribution in [0.2, 0.25) is 0 Å². The van der Waals surface area contributed by atoms with Crippen LogP contribution in [0.4, 0.5) is 0 Å². The summed E-state index contributed by atoms with van der Waals surface area (Å²) >= 11 is 0. The molecule has 37 heavy (non-hydrogen) atoms. The number of carbonyl (C=O) groups is 2. The van der Waals surface area contributed by atoms with Gasteiger partial charge in [-0.1, -0.05) is 53.7 Å². The van der Waals surface area contributed by atoms with E-state index < -0.39 is 0 Å². The second-order valence-electron chi connectivity index (χ2n) is 9.53. The van der Waals surface area contributed by atoms with Crippen molar-refractivity contribution in [1.82, 2.24) is 20.0 Å². The summed E-state index contributed by atoms with van der Waals surface area (Å²) in [7, 11) is 0. The number of amides is 2. The summed E-state index contributed by atoms with van der Waals surface area (Å²) in [5.41, 5.74) is 6.52. The minimum Gasteiger partial charge on any atom is -0.329 e. The number of imide groups is 1. The second-order valence-corrected chi connectivity index (χ2v) is 9.53. The van der Waals surface area contributed by atoms with Gasteiger partial charge in [-0.05, 0) is 89.9 Å². The molecule has 0 unspecified atom stereocenters. The van der Waals surface area contributed by atoms with Crippen molar-refractivity contribution >= 4 is 11.8 Å². The zero-order valence-electron chi connectivity index (χ0n) is 24.9. The van der Waals surface area contributed by atoms with Gasteiger partial charge in [-0.2, -0.15) is 0 Å². The maximum Gasteiger partial charge on any atom is 0.261 e. The first kappa shape index (κ1) is 35.2. The molecule has 2 amide bonds. The van der Waals surface area contributed by atoms with Crippen molar-refractivity contribution in [2.45, 2.75) is 80.1 Å². The Labute approximate surface area is 228 Å². The van der Waals surface area contributed by atoms with E-state index in [2.05, 4.69) is 56.7 Å². The predicted octanol–water partition coefficient (Wildman–Crippen LogP) is 4.87. The summed E-state index contributed by atoms with van der Waals surface area (Å²) in [6.07, 6.45) is 7.14. The Morgan fingerprint density at radius 3 is 1.41 bits per heavy atom. The Hall–Kier alpha value is -1.80. The molecule has 214 valence electrons. The van der Waals surface area contributed by atoms with E-state index in [1.807, 2.05) is 0 Å². The number of fused-ring (bicyclic) bond motifs is 1. The van der Waals surface area contributed by atoms with E-state index in [-0.39, 0.29) is 11.8 Å². The molecule has 1 aliphatic rings. The molecule has 7 nitrogen and oxygen atoms in total. The Morgan fingerprint density at radius 2 is 1.05 bits per heavy atom. The van der Waals surface area contributed by atoms with Crippen LogP contribution in [0.5, 0.6) is 0 Å². The van der Waals surface area contributed by atoms with Gasteiger partial charge in [0.15, 0.2) is 0 Å². The van der Waals surface area contributed by atoms with Crippen LogP contribution in [0.25, 0.3) is 0 Å². The molecular formula is C30H57N5O2. The first-order valence-electron chi connectivity index (χ1n) is 14.8. The van der Waals surface area contributed by atoms with Crippen molar-refractivity contribution < 1.29 is 9.59 Å². The zero-order chi connectivity index (χ0) is 27.9. The lowest BCUT2D eigenvalue weighted by atomic mass is 10.1. The highest BCUT2D eigenvalue weighted by Gasteiger charge is 2.34. The fraction of sp³-hybridized carbons (Fsp3) is 0.733. The second kappa shape index (κ2) is 23.3. The molecule has 1 aromatic rings. The Bertz CT molecular complexity index is 654. The van der Waals surface area contributed by atoms with E-state index >= 15 is 0 Å². The molecule has 3 N–H and O–H groups in total. The molecule has 0 bridgehead atoms. The van der Waals surface area contributed by atoms with E-state index in [0.29, 0.717) is 17.7 Å². The predicted molar refractivity (Wildman–Crippen MR) is 158 cm³/mol. The van der Waals surface area contributed by atoms with E-state index in [4.69, 9.17) is 5.73 Å². The highest BCUT2D eigenvalue weighted by molar-refractivity contribution is 6.21. The van der Waals surface area contributed by atoms with E-state index in [9.17, 15) is 9.59 Å². The molecule has 1 aromatic carbocycles. The number of nitrogens with zero attached hydrogens (tertiary/aromatic N) is 3. The van der Waals surface area contributed by atoms with Gasteiger partial charge in [0.05, 0.1) is 11.1 Å². The van der Waals surface area contributed by atoms with Gasteiger partial charge in [-0.3, -0.25) is 14.5 Å². The molecule has 0 atom stereocenters. The third kappa shape index (κ3) is 14.6. The normalized spacial score (nSPS) is 12.4. The van der Waals surface area contributed by atoms with E-state index in [1.165, 1.54) is 56.8 Å². The van der Waals surface area contributed by atoms with Crippen molar-refractivity contribution in [3.8, 4) is 0 Å². The standard InChI is InChI=1S/C16H22N2O2.C8H20N2.C6H15N/c1-3-9-17(10-4-2)11-12-18-15(19)13-7-5-6-8-14(13)16(18)20;1-3-6-10(7-4-2)8-5-9;1-3-5-7-6-4-2/h5-8H,3-4,9-12H2,1-2H3;3-9H2,1-2H3;7H,3-6H2,1-2H3. The highest BCUT2D eigenvalue weighted by atomic mass is 16.2. The van der Waals surface area contributed by atoms with Crippen molar-refractivity contribution in [1.29, 1.82) is 0 Å². The van der Waals surface area contributed by atoms with Crippen LogP contribution in [-0.4, -0.2) is 92.0 Å². The topological polar surface area (TPSA) is 81.9 Å². The largest absolute Gasteiger partial charge is 0.329 e. The van der Waals surface area contributed by atoms with Crippen LogP contribution in [0, 0.1) is 0 Å². The third-order valence-corrected chi connectivity index (χ3v) is 5.98. The van der Waals surface area contributed by atoms with Gasteiger partial charge in [0.2, 0.25) is 0 Å². The molecule has 0 saturated heterocycles. The number of hydrogen-bond acceptors (Lipinski definition) is 6. The molecule has 0 aliphatic carbocycles. The fourth-order valence-corrected chi connectivity index (χ4v) is 4.28. The summed E-state index contributed by atoms with van der Waals surface area (Å²) in [6.45, 7) is 22.9. The number of nitrogens with two attached hydrogens (primary N) is 1. The minimum absolute atomic E-state index is 0.154. The van der Waals surface area contributed by atoms with Crippen LogP contribution in [0.3, 0.4) is 0 Å². The number of carbonyl (C=O) groups excluding carboxylic acids is 2. The molecule has 0 fully saturated rings. The summed E-state index contributed by atoms with van der Waals surface area (Å²) < 4.78 is 0. The van der Waals surface area contributed by atoms with Gasteiger partial charge in [-0.25, -0.2) is 0 Å². The molecule has 0 spiro atoms. The van der Waals surface area contributed by atoms with Gasteiger partial charge in [0.25, 0.3) is 11.8 Å². The average molecular weight is 520 g/mol. The SMILES string of the molecule is CCCN(CCC)CCN.CCCN(CCC)CCN1C(=O)c2ccccc2C1=O.CCCNCCC. The van der Waals surface area contributed by atoms with Crippen molar-refractivity contribution in [2.24, 2.45) is 5.73 Å². The third-order valence-electron chi connectivity index (χ3n) is 5.98. The van der Waals surface area contributed by atoms with Crippen LogP contribution >= 0.6 is 0 Å². The van der Waals surface area contributed by atoms with Crippen molar-refractivity contribution in [3.05, 3.63) is 35.4 Å². The average Bonchev–Trinajstić information content (AvgIpc) is 3.14. The lowest BCUT2D eigenvalue weighted by molar-refractivity contribution is 0.0636. The first-order chi connectivity index (χ1) is 17.9. The van der Waals surface area contributed by atoms with Gasteiger partial charge in [0, 0.05) is 26.2 Å². The van der Waals surface area contributed by atoms with Gasteiger partial charge in [0.1, 0.15) is 0 Å². The molecule has 0 aromatic heterocycles. The summed E-state index contributed by atoms with van der Waals surface area (Å²) in [5, 5.41) is 3.28. The van der Waals surface area contributed by atoms with E-state index in [0.717, 1.165) is 45.6 Å². The molecule has 7 heteroatoms. The first-order valence-corrected chi connectivity index (χ1v) is 14.8. The smallest absolute Gasteiger partial charge is 0.261 e. The van der Waals surface area contributed by atoms with Crippen molar-refractivity contribution in [3.63, 3.8) is 0 Å². The zero-order valence-corrected chi connectivity index (χ0v) is 24.9. The van der Waals surface area contributed by atoms with Gasteiger partial charge >= 0.3 is 0 Å². The summed E-state index contributed by atoms with van der Waals surface area (Å²) in [5.74, 6) is -0.308.